The normalized spacial score (nSPS) is 12.6. The molecule has 2 heterocycles. The number of thiophene rings is 1. The van der Waals surface area contributed by atoms with Crippen molar-refractivity contribution >= 4 is 27.3 Å². The Morgan fingerprint density at radius 1 is 1.44 bits per heavy atom. The number of halogens is 2. The summed E-state index contributed by atoms with van der Waals surface area (Å²) in [5.41, 5.74) is 0.841. The van der Waals surface area contributed by atoms with Gasteiger partial charge in [-0.3, -0.25) is 4.98 Å². The topological polar surface area (TPSA) is 24.9 Å². The van der Waals surface area contributed by atoms with Crippen molar-refractivity contribution in [3.05, 3.63) is 50.6 Å². The van der Waals surface area contributed by atoms with Crippen LogP contribution in [0, 0.1) is 5.82 Å². The molecule has 18 heavy (non-hydrogen) atoms. The molecule has 0 aliphatic rings. The van der Waals surface area contributed by atoms with Crippen molar-refractivity contribution in [2.24, 2.45) is 0 Å². The van der Waals surface area contributed by atoms with Gasteiger partial charge in [0.15, 0.2) is 0 Å². The molecule has 1 N–H and O–H groups in total. The van der Waals surface area contributed by atoms with Gasteiger partial charge in [0.25, 0.3) is 0 Å². The molecule has 0 aliphatic carbocycles. The molecule has 0 radical (unpaired) electrons. The van der Waals surface area contributed by atoms with Crippen LogP contribution in [0.15, 0.2) is 34.2 Å². The van der Waals surface area contributed by atoms with Gasteiger partial charge in [0.05, 0.1) is 17.9 Å². The van der Waals surface area contributed by atoms with E-state index in [0.29, 0.717) is 0 Å². The Morgan fingerprint density at radius 3 is 2.83 bits per heavy atom. The van der Waals surface area contributed by atoms with Crippen LogP contribution in [-0.2, 0) is 0 Å². The van der Waals surface area contributed by atoms with Crippen LogP contribution < -0.4 is 5.32 Å². The second kappa shape index (κ2) is 6.41. The highest BCUT2D eigenvalue weighted by atomic mass is 79.9. The maximum Gasteiger partial charge on any atom is 0.141 e. The molecule has 2 aromatic rings. The van der Waals surface area contributed by atoms with E-state index in [9.17, 15) is 4.39 Å². The Hall–Kier alpha value is -0.780. The van der Waals surface area contributed by atoms with Crippen molar-refractivity contribution in [2.75, 3.05) is 6.54 Å². The average molecular weight is 329 g/mol. The second-order valence-corrected chi connectivity index (χ2v) is 5.72. The zero-order valence-electron chi connectivity index (χ0n) is 9.99. The zero-order valence-corrected chi connectivity index (χ0v) is 12.4. The summed E-state index contributed by atoms with van der Waals surface area (Å²) in [6.07, 6.45) is 2.30. The van der Waals surface area contributed by atoms with Gasteiger partial charge in [-0.05, 0) is 52.5 Å². The van der Waals surface area contributed by atoms with E-state index in [1.807, 2.05) is 11.4 Å². The third-order valence-corrected chi connectivity index (χ3v) is 4.49. The van der Waals surface area contributed by atoms with Gasteiger partial charge in [0, 0.05) is 9.35 Å². The summed E-state index contributed by atoms with van der Waals surface area (Å²) >= 11 is 5.20. The number of hydrogen-bond acceptors (Lipinski definition) is 3. The molecule has 0 spiro atoms. The van der Waals surface area contributed by atoms with Gasteiger partial charge in [-0.1, -0.05) is 6.92 Å². The Labute approximate surface area is 118 Å². The first-order valence-corrected chi connectivity index (χ1v) is 7.47. The van der Waals surface area contributed by atoms with Crippen LogP contribution in [0.3, 0.4) is 0 Å². The fraction of sp³-hybridized carbons (Fsp3) is 0.308. The molecule has 0 amide bonds. The Balaban J connectivity index is 2.30. The number of aromatic nitrogens is 1. The molecule has 1 atom stereocenters. The van der Waals surface area contributed by atoms with Gasteiger partial charge in [-0.15, -0.1) is 11.3 Å². The van der Waals surface area contributed by atoms with Crippen LogP contribution in [0.5, 0.6) is 0 Å². The molecule has 0 saturated carbocycles. The summed E-state index contributed by atoms with van der Waals surface area (Å²) in [7, 11) is 0. The van der Waals surface area contributed by atoms with E-state index in [0.717, 1.165) is 23.1 Å². The standard InChI is InChI=1S/C13H14BrFN2S/c1-2-6-16-12(13-10(14)5-7-18-13)11-4-3-9(15)8-17-11/h3-5,7-8,12,16H,2,6H2,1H3. The average Bonchev–Trinajstić information content (AvgIpc) is 2.78. The Morgan fingerprint density at radius 2 is 2.28 bits per heavy atom. The minimum atomic E-state index is -0.307. The van der Waals surface area contributed by atoms with E-state index in [2.05, 4.69) is 33.2 Å². The van der Waals surface area contributed by atoms with Gasteiger partial charge in [0.2, 0.25) is 0 Å². The first-order valence-electron chi connectivity index (χ1n) is 5.80. The molecule has 0 aromatic carbocycles. The third kappa shape index (κ3) is 3.16. The molecule has 1 unspecified atom stereocenters. The van der Waals surface area contributed by atoms with Crippen molar-refractivity contribution in [3.8, 4) is 0 Å². The molecular formula is C13H14BrFN2S. The molecule has 0 bridgehead atoms. The van der Waals surface area contributed by atoms with Crippen molar-refractivity contribution < 1.29 is 4.39 Å². The molecule has 0 saturated heterocycles. The Kier molecular flexibility index (Phi) is 4.86. The predicted molar refractivity (Wildman–Crippen MR) is 76.4 cm³/mol. The van der Waals surface area contributed by atoms with Gasteiger partial charge in [0.1, 0.15) is 5.82 Å². The fourth-order valence-corrected chi connectivity index (χ4v) is 3.38. The molecule has 2 rings (SSSR count). The summed E-state index contributed by atoms with van der Waals surface area (Å²) in [5.74, 6) is -0.307. The highest BCUT2D eigenvalue weighted by molar-refractivity contribution is 9.10. The minimum Gasteiger partial charge on any atom is -0.304 e. The van der Waals surface area contributed by atoms with Crippen LogP contribution in [0.4, 0.5) is 4.39 Å². The smallest absolute Gasteiger partial charge is 0.141 e. The van der Waals surface area contributed by atoms with Crippen molar-refractivity contribution in [2.45, 2.75) is 19.4 Å². The molecule has 0 fully saturated rings. The number of hydrogen-bond donors (Lipinski definition) is 1. The lowest BCUT2D eigenvalue weighted by molar-refractivity contribution is 0.581. The predicted octanol–water partition coefficient (Wildman–Crippen LogP) is 4.13. The number of nitrogens with one attached hydrogen (secondary N) is 1. The van der Waals surface area contributed by atoms with Gasteiger partial charge in [-0.25, -0.2) is 4.39 Å². The van der Waals surface area contributed by atoms with Gasteiger partial charge < -0.3 is 5.32 Å². The number of pyridine rings is 1. The third-order valence-electron chi connectivity index (χ3n) is 2.55. The van der Waals surface area contributed by atoms with E-state index >= 15 is 0 Å². The number of nitrogens with zero attached hydrogens (tertiary/aromatic N) is 1. The maximum atomic E-state index is 12.9. The highest BCUT2D eigenvalue weighted by Gasteiger charge is 2.18. The van der Waals surface area contributed by atoms with Gasteiger partial charge >= 0.3 is 0 Å². The van der Waals surface area contributed by atoms with E-state index in [1.165, 1.54) is 17.1 Å². The van der Waals surface area contributed by atoms with Crippen molar-refractivity contribution in [1.82, 2.24) is 10.3 Å². The monoisotopic (exact) mass is 328 g/mol. The van der Waals surface area contributed by atoms with Crippen LogP contribution in [0.1, 0.15) is 30.0 Å². The lowest BCUT2D eigenvalue weighted by Gasteiger charge is -2.17. The summed E-state index contributed by atoms with van der Waals surface area (Å²) in [4.78, 5) is 5.35. The van der Waals surface area contributed by atoms with Crippen molar-refractivity contribution in [1.29, 1.82) is 0 Å². The van der Waals surface area contributed by atoms with E-state index in [1.54, 1.807) is 17.4 Å². The van der Waals surface area contributed by atoms with Crippen molar-refractivity contribution in [3.63, 3.8) is 0 Å². The lowest BCUT2D eigenvalue weighted by Crippen LogP contribution is -2.23. The molecule has 2 nitrogen and oxygen atoms in total. The van der Waals surface area contributed by atoms with Crippen LogP contribution in [0.25, 0.3) is 0 Å². The SMILES string of the molecule is CCCNC(c1ccc(F)cn1)c1sccc1Br. The fourth-order valence-electron chi connectivity index (χ4n) is 1.69. The minimum absolute atomic E-state index is 0.0138. The summed E-state index contributed by atoms with van der Waals surface area (Å²) in [6, 6.07) is 5.21. The van der Waals surface area contributed by atoms with Crippen LogP contribution >= 0.6 is 27.3 Å². The van der Waals surface area contributed by atoms with E-state index in [4.69, 9.17) is 0 Å². The second-order valence-electron chi connectivity index (χ2n) is 3.92. The van der Waals surface area contributed by atoms with Crippen LogP contribution in [0.2, 0.25) is 0 Å². The summed E-state index contributed by atoms with van der Waals surface area (Å²) < 4.78 is 14.0. The zero-order chi connectivity index (χ0) is 13.0. The summed E-state index contributed by atoms with van der Waals surface area (Å²) in [5, 5.41) is 5.48. The molecular weight excluding hydrogens is 315 g/mol. The lowest BCUT2D eigenvalue weighted by atomic mass is 10.1. The first kappa shape index (κ1) is 13.6. The first-order chi connectivity index (χ1) is 8.72. The quantitative estimate of drug-likeness (QED) is 0.892. The van der Waals surface area contributed by atoms with Crippen LogP contribution in [-0.4, -0.2) is 11.5 Å². The molecule has 0 aliphatic heterocycles. The largest absolute Gasteiger partial charge is 0.304 e. The molecule has 5 heteroatoms. The highest BCUT2D eigenvalue weighted by Crippen LogP contribution is 2.32. The van der Waals surface area contributed by atoms with E-state index < -0.39 is 0 Å². The van der Waals surface area contributed by atoms with E-state index in [-0.39, 0.29) is 11.9 Å². The number of rotatable bonds is 5. The Bertz CT molecular complexity index is 498. The van der Waals surface area contributed by atoms with Gasteiger partial charge in [-0.2, -0.15) is 0 Å². The maximum absolute atomic E-state index is 12.9. The summed E-state index contributed by atoms with van der Waals surface area (Å²) in [6.45, 7) is 3.01. The molecule has 96 valence electrons. The molecule has 2 aromatic heterocycles.